The first-order valence-corrected chi connectivity index (χ1v) is 6.11. The molecule has 0 saturated carbocycles. The molecule has 6 heteroatoms. The molecule has 0 aliphatic rings. The summed E-state index contributed by atoms with van der Waals surface area (Å²) in [4.78, 5) is 10.7. The summed E-state index contributed by atoms with van der Waals surface area (Å²) in [6.07, 6.45) is 1.06. The lowest BCUT2D eigenvalue weighted by molar-refractivity contribution is -0.117. The highest BCUT2D eigenvalue weighted by atomic mass is 32.2. The second-order valence-corrected chi connectivity index (χ2v) is 4.92. The van der Waals surface area contributed by atoms with Crippen LogP contribution in [-0.4, -0.2) is 20.6 Å². The number of rotatable bonds is 4. The summed E-state index contributed by atoms with van der Waals surface area (Å²) in [7, 11) is -3.34. The number of sulfonamides is 1. The zero-order valence-electron chi connectivity index (χ0n) is 8.23. The lowest BCUT2D eigenvalue weighted by Gasteiger charge is -2.08. The van der Waals surface area contributed by atoms with Crippen LogP contribution < -0.4 is 10.5 Å². The number of primary amides is 1. The van der Waals surface area contributed by atoms with Crippen molar-refractivity contribution >= 4 is 21.6 Å². The van der Waals surface area contributed by atoms with Crippen LogP contribution in [0.25, 0.3) is 0 Å². The average Bonchev–Trinajstić information content (AvgIpc) is 2.05. The summed E-state index contributed by atoms with van der Waals surface area (Å²) < 4.78 is 24.3. The van der Waals surface area contributed by atoms with Gasteiger partial charge in [-0.1, -0.05) is 18.2 Å². The fourth-order valence-corrected chi connectivity index (χ4v) is 1.76. The van der Waals surface area contributed by atoms with Gasteiger partial charge in [0, 0.05) is 0 Å². The first kappa shape index (κ1) is 11.5. The van der Waals surface area contributed by atoms with Crippen LogP contribution in [0.4, 0.5) is 5.69 Å². The third-order valence-electron chi connectivity index (χ3n) is 1.68. The molecule has 0 heterocycles. The van der Waals surface area contributed by atoms with Crippen LogP contribution in [0.1, 0.15) is 5.56 Å². The van der Waals surface area contributed by atoms with E-state index in [0.29, 0.717) is 11.3 Å². The molecule has 0 aliphatic carbocycles. The standard InChI is InChI=1S/C9H12N2O3S/c1-15(13,14)11-8-5-3-2-4-7(8)6-9(10)12/h2-5,11H,6H2,1H3,(H2,10,12). The van der Waals surface area contributed by atoms with Crippen LogP contribution >= 0.6 is 0 Å². The van der Waals surface area contributed by atoms with E-state index in [1.165, 1.54) is 0 Å². The number of anilines is 1. The number of nitrogens with one attached hydrogen (secondary N) is 1. The average molecular weight is 228 g/mol. The molecule has 5 nitrogen and oxygen atoms in total. The van der Waals surface area contributed by atoms with Gasteiger partial charge in [-0.25, -0.2) is 8.42 Å². The van der Waals surface area contributed by atoms with E-state index in [-0.39, 0.29) is 6.42 Å². The topological polar surface area (TPSA) is 89.3 Å². The monoisotopic (exact) mass is 228 g/mol. The van der Waals surface area contributed by atoms with E-state index < -0.39 is 15.9 Å². The van der Waals surface area contributed by atoms with Gasteiger partial charge in [0.1, 0.15) is 0 Å². The molecule has 1 aromatic carbocycles. The summed E-state index contributed by atoms with van der Waals surface area (Å²) in [5.41, 5.74) is 5.99. The van der Waals surface area contributed by atoms with E-state index in [2.05, 4.69) is 4.72 Å². The molecule has 0 radical (unpaired) electrons. The van der Waals surface area contributed by atoms with E-state index >= 15 is 0 Å². The summed E-state index contributed by atoms with van der Waals surface area (Å²) >= 11 is 0. The number of amides is 1. The summed E-state index contributed by atoms with van der Waals surface area (Å²) in [6, 6.07) is 6.63. The van der Waals surface area contributed by atoms with Gasteiger partial charge in [0.05, 0.1) is 18.4 Å². The highest BCUT2D eigenvalue weighted by Gasteiger charge is 2.08. The Kier molecular flexibility index (Phi) is 3.31. The molecule has 1 rings (SSSR count). The fraction of sp³-hybridized carbons (Fsp3) is 0.222. The van der Waals surface area contributed by atoms with Crippen LogP contribution in [-0.2, 0) is 21.2 Å². The number of hydrogen-bond acceptors (Lipinski definition) is 3. The Morgan fingerprint density at radius 1 is 1.40 bits per heavy atom. The van der Waals surface area contributed by atoms with Gasteiger partial charge in [-0.3, -0.25) is 9.52 Å². The highest BCUT2D eigenvalue weighted by molar-refractivity contribution is 7.92. The van der Waals surface area contributed by atoms with Crippen molar-refractivity contribution in [1.29, 1.82) is 0 Å². The molecule has 0 fully saturated rings. The molecular weight excluding hydrogens is 216 g/mol. The zero-order chi connectivity index (χ0) is 11.5. The van der Waals surface area contributed by atoms with Crippen molar-refractivity contribution in [2.75, 3.05) is 11.0 Å². The molecule has 0 spiro atoms. The Morgan fingerprint density at radius 3 is 2.53 bits per heavy atom. The number of nitrogens with two attached hydrogens (primary N) is 1. The van der Waals surface area contributed by atoms with E-state index in [9.17, 15) is 13.2 Å². The maximum atomic E-state index is 11.0. The number of carbonyl (C=O) groups is 1. The minimum atomic E-state index is -3.34. The minimum absolute atomic E-state index is 0.0126. The van der Waals surface area contributed by atoms with Gasteiger partial charge in [-0.15, -0.1) is 0 Å². The maximum absolute atomic E-state index is 11.0. The lowest BCUT2D eigenvalue weighted by Crippen LogP contribution is -2.16. The second-order valence-electron chi connectivity index (χ2n) is 3.17. The van der Waals surface area contributed by atoms with E-state index in [0.717, 1.165) is 6.26 Å². The number of benzene rings is 1. The van der Waals surface area contributed by atoms with Crippen molar-refractivity contribution in [2.24, 2.45) is 5.73 Å². The first-order chi connectivity index (χ1) is 6.88. The molecule has 0 unspecified atom stereocenters. The Morgan fingerprint density at radius 2 is 2.00 bits per heavy atom. The largest absolute Gasteiger partial charge is 0.369 e. The van der Waals surface area contributed by atoms with Crippen molar-refractivity contribution < 1.29 is 13.2 Å². The van der Waals surface area contributed by atoms with E-state index in [1.807, 2.05) is 0 Å². The van der Waals surface area contributed by atoms with Crippen molar-refractivity contribution in [3.05, 3.63) is 29.8 Å². The van der Waals surface area contributed by atoms with Crippen LogP contribution in [0, 0.1) is 0 Å². The van der Waals surface area contributed by atoms with Crippen LogP contribution in [0.5, 0.6) is 0 Å². The van der Waals surface area contributed by atoms with E-state index in [4.69, 9.17) is 5.73 Å². The van der Waals surface area contributed by atoms with Crippen LogP contribution in [0.3, 0.4) is 0 Å². The predicted octanol–water partition coefficient (Wildman–Crippen LogP) is 0.0859. The van der Waals surface area contributed by atoms with Gasteiger partial charge in [-0.05, 0) is 11.6 Å². The highest BCUT2D eigenvalue weighted by Crippen LogP contribution is 2.16. The SMILES string of the molecule is CS(=O)(=O)Nc1ccccc1CC(N)=O. The normalized spacial score (nSPS) is 11.0. The second kappa shape index (κ2) is 4.31. The summed E-state index contributed by atoms with van der Waals surface area (Å²) in [6.45, 7) is 0. The molecule has 82 valence electrons. The zero-order valence-corrected chi connectivity index (χ0v) is 9.04. The third-order valence-corrected chi connectivity index (χ3v) is 2.27. The van der Waals surface area contributed by atoms with Gasteiger partial charge in [-0.2, -0.15) is 0 Å². The molecule has 0 bridgehead atoms. The number of hydrogen-bond donors (Lipinski definition) is 2. The Hall–Kier alpha value is -1.56. The molecule has 0 saturated heterocycles. The fourth-order valence-electron chi connectivity index (χ4n) is 1.16. The van der Waals surface area contributed by atoms with Gasteiger partial charge < -0.3 is 5.73 Å². The molecule has 0 atom stereocenters. The molecule has 0 aromatic heterocycles. The summed E-state index contributed by atoms with van der Waals surface area (Å²) in [5, 5.41) is 0. The van der Waals surface area contributed by atoms with Crippen LogP contribution in [0.15, 0.2) is 24.3 Å². The Bertz CT molecular complexity index is 468. The molecular formula is C9H12N2O3S. The Labute approximate surface area is 88.3 Å². The minimum Gasteiger partial charge on any atom is -0.369 e. The quantitative estimate of drug-likeness (QED) is 0.765. The number of para-hydroxylation sites is 1. The molecule has 1 aromatic rings. The van der Waals surface area contributed by atoms with Gasteiger partial charge in [0.25, 0.3) is 0 Å². The molecule has 3 N–H and O–H groups in total. The predicted molar refractivity (Wildman–Crippen MR) is 57.8 cm³/mol. The lowest BCUT2D eigenvalue weighted by atomic mass is 10.1. The third kappa shape index (κ3) is 3.99. The smallest absolute Gasteiger partial charge is 0.229 e. The van der Waals surface area contributed by atoms with Crippen LogP contribution in [0.2, 0.25) is 0 Å². The van der Waals surface area contributed by atoms with Crippen molar-refractivity contribution in [1.82, 2.24) is 0 Å². The van der Waals surface area contributed by atoms with Crippen molar-refractivity contribution in [3.8, 4) is 0 Å². The summed E-state index contributed by atoms with van der Waals surface area (Å²) in [5.74, 6) is -0.502. The first-order valence-electron chi connectivity index (χ1n) is 4.22. The van der Waals surface area contributed by atoms with Crippen molar-refractivity contribution in [3.63, 3.8) is 0 Å². The molecule has 1 amide bonds. The Balaban J connectivity index is 3.01. The number of carbonyl (C=O) groups excluding carboxylic acids is 1. The molecule has 15 heavy (non-hydrogen) atoms. The van der Waals surface area contributed by atoms with E-state index in [1.54, 1.807) is 24.3 Å². The van der Waals surface area contributed by atoms with Gasteiger partial charge >= 0.3 is 0 Å². The van der Waals surface area contributed by atoms with Gasteiger partial charge in [0.2, 0.25) is 15.9 Å². The van der Waals surface area contributed by atoms with Crippen molar-refractivity contribution in [2.45, 2.75) is 6.42 Å². The molecule has 0 aliphatic heterocycles. The maximum Gasteiger partial charge on any atom is 0.229 e. The van der Waals surface area contributed by atoms with Gasteiger partial charge in [0.15, 0.2) is 0 Å².